The molecule has 1 saturated heterocycles. The van der Waals surface area contributed by atoms with Gasteiger partial charge in [0, 0.05) is 36.4 Å². The molecule has 0 bridgehead atoms. The lowest BCUT2D eigenvalue weighted by Gasteiger charge is -2.34. The number of hydrogen-bond donors (Lipinski definition) is 1. The van der Waals surface area contributed by atoms with E-state index in [2.05, 4.69) is 9.97 Å². The summed E-state index contributed by atoms with van der Waals surface area (Å²) >= 11 is 0. The molecule has 1 aliphatic rings. The summed E-state index contributed by atoms with van der Waals surface area (Å²) in [6.45, 7) is 3.29. The molecule has 130 valence electrons. The summed E-state index contributed by atoms with van der Waals surface area (Å²) in [4.78, 5) is 22.5. The first-order valence-corrected chi connectivity index (χ1v) is 8.20. The number of ether oxygens (including phenoxy) is 1. The monoisotopic (exact) mass is 342 g/mol. The number of fused-ring (bicyclic) bond motifs is 1. The zero-order chi connectivity index (χ0) is 17.6. The molecule has 3 aromatic rings. The van der Waals surface area contributed by atoms with Gasteiger partial charge in [0.15, 0.2) is 0 Å². The molecule has 3 heterocycles. The van der Waals surface area contributed by atoms with Gasteiger partial charge in [0.1, 0.15) is 23.4 Å². The molecule has 0 saturated carbocycles. The van der Waals surface area contributed by atoms with Gasteiger partial charge in [0.05, 0.1) is 13.2 Å². The summed E-state index contributed by atoms with van der Waals surface area (Å²) in [5.41, 5.74) is 2.28. The van der Waals surface area contributed by atoms with Crippen LogP contribution >= 0.6 is 0 Å². The van der Waals surface area contributed by atoms with Crippen molar-refractivity contribution in [1.82, 2.24) is 19.4 Å². The van der Waals surface area contributed by atoms with Gasteiger partial charge in [-0.05, 0) is 31.2 Å². The molecule has 1 aromatic carbocycles. The largest absolute Gasteiger partial charge is 0.377 e. The number of nitrogens with zero attached hydrogens (tertiary/aromatic N) is 3. The Bertz CT molecular complexity index is 946. The SMILES string of the molecule is Cc1cnc([C@H]2COCCN2C(=O)c2cc3cc(F)ccc3n2C)[nH]1. The number of aromatic amines is 1. The molecule has 0 spiro atoms. The highest BCUT2D eigenvalue weighted by Gasteiger charge is 2.32. The maximum absolute atomic E-state index is 13.5. The predicted molar refractivity (Wildman–Crippen MR) is 90.8 cm³/mol. The van der Waals surface area contributed by atoms with Gasteiger partial charge in [-0.25, -0.2) is 9.37 Å². The Morgan fingerprint density at radius 3 is 3.00 bits per heavy atom. The minimum atomic E-state index is -0.313. The summed E-state index contributed by atoms with van der Waals surface area (Å²) in [7, 11) is 1.82. The van der Waals surface area contributed by atoms with Crippen LogP contribution in [0, 0.1) is 12.7 Å². The van der Waals surface area contributed by atoms with Crippen LogP contribution in [0.1, 0.15) is 28.0 Å². The van der Waals surface area contributed by atoms with Crippen LogP contribution < -0.4 is 0 Å². The number of H-pyrrole nitrogens is 1. The number of aromatic nitrogens is 3. The smallest absolute Gasteiger partial charge is 0.271 e. The van der Waals surface area contributed by atoms with E-state index in [0.29, 0.717) is 30.8 Å². The summed E-state index contributed by atoms with van der Waals surface area (Å²) in [6.07, 6.45) is 1.74. The average molecular weight is 342 g/mol. The Labute approximate surface area is 144 Å². The zero-order valence-corrected chi connectivity index (χ0v) is 14.1. The van der Waals surface area contributed by atoms with Gasteiger partial charge in [0.2, 0.25) is 0 Å². The van der Waals surface area contributed by atoms with Crippen LogP contribution in [0.4, 0.5) is 4.39 Å². The molecular formula is C18H19FN4O2. The summed E-state index contributed by atoms with van der Waals surface area (Å²) in [6, 6.07) is 6.01. The van der Waals surface area contributed by atoms with E-state index < -0.39 is 0 Å². The third-order valence-corrected chi connectivity index (χ3v) is 4.65. The number of imidazole rings is 1. The lowest BCUT2D eigenvalue weighted by atomic mass is 10.2. The van der Waals surface area contributed by atoms with E-state index in [1.807, 2.05) is 14.0 Å². The minimum Gasteiger partial charge on any atom is -0.377 e. The fraction of sp³-hybridized carbons (Fsp3) is 0.333. The van der Waals surface area contributed by atoms with Crippen LogP contribution in [-0.2, 0) is 11.8 Å². The second kappa shape index (κ2) is 6.00. The first-order chi connectivity index (χ1) is 12.0. The molecular weight excluding hydrogens is 323 g/mol. The van der Waals surface area contributed by atoms with E-state index in [4.69, 9.17) is 4.74 Å². The number of hydrogen-bond acceptors (Lipinski definition) is 3. The number of nitrogens with one attached hydrogen (secondary N) is 1. The first-order valence-electron chi connectivity index (χ1n) is 8.20. The van der Waals surface area contributed by atoms with Gasteiger partial charge in [-0.1, -0.05) is 0 Å². The summed E-state index contributed by atoms with van der Waals surface area (Å²) < 4.78 is 20.8. The van der Waals surface area contributed by atoms with Crippen molar-refractivity contribution in [2.24, 2.45) is 7.05 Å². The van der Waals surface area contributed by atoms with Crippen LogP contribution in [0.3, 0.4) is 0 Å². The van der Waals surface area contributed by atoms with Crippen molar-refractivity contribution in [1.29, 1.82) is 0 Å². The van der Waals surface area contributed by atoms with E-state index in [-0.39, 0.29) is 17.8 Å². The quantitative estimate of drug-likeness (QED) is 0.778. The number of carbonyl (C=O) groups is 1. The van der Waals surface area contributed by atoms with Crippen molar-refractivity contribution in [2.75, 3.05) is 19.8 Å². The predicted octanol–water partition coefficient (Wildman–Crippen LogP) is 2.56. The molecule has 1 atom stereocenters. The number of halogens is 1. The molecule has 6 nitrogen and oxygen atoms in total. The molecule has 1 fully saturated rings. The van der Waals surface area contributed by atoms with E-state index in [9.17, 15) is 9.18 Å². The van der Waals surface area contributed by atoms with Crippen LogP contribution in [0.25, 0.3) is 10.9 Å². The Morgan fingerprint density at radius 2 is 2.24 bits per heavy atom. The molecule has 0 radical (unpaired) electrons. The standard InChI is InChI=1S/C18H19FN4O2/c1-11-9-20-17(21-11)16-10-25-6-5-23(16)18(24)15-8-12-7-13(19)3-4-14(12)22(15)2/h3-4,7-9,16H,5-6,10H2,1-2H3,(H,20,21)/t16-/m1/s1. The van der Waals surface area contributed by atoms with Gasteiger partial charge in [0.25, 0.3) is 5.91 Å². The third kappa shape index (κ3) is 2.70. The molecule has 4 rings (SSSR count). The fourth-order valence-corrected chi connectivity index (χ4v) is 3.35. The van der Waals surface area contributed by atoms with Crippen molar-refractivity contribution < 1.29 is 13.9 Å². The van der Waals surface area contributed by atoms with Crippen molar-refractivity contribution in [3.05, 3.63) is 53.5 Å². The number of morpholine rings is 1. The number of benzene rings is 1. The lowest BCUT2D eigenvalue weighted by molar-refractivity contribution is -0.00547. The summed E-state index contributed by atoms with van der Waals surface area (Å²) in [5, 5.41) is 0.713. The highest BCUT2D eigenvalue weighted by Crippen LogP contribution is 2.27. The fourth-order valence-electron chi connectivity index (χ4n) is 3.35. The second-order valence-electron chi connectivity index (χ2n) is 6.33. The Kier molecular flexibility index (Phi) is 3.80. The molecule has 0 aliphatic carbocycles. The minimum absolute atomic E-state index is 0.110. The van der Waals surface area contributed by atoms with Crippen molar-refractivity contribution in [2.45, 2.75) is 13.0 Å². The van der Waals surface area contributed by atoms with Crippen LogP contribution in [0.2, 0.25) is 0 Å². The third-order valence-electron chi connectivity index (χ3n) is 4.65. The average Bonchev–Trinajstić information content (AvgIpc) is 3.18. The first kappa shape index (κ1) is 15.8. The summed E-state index contributed by atoms with van der Waals surface area (Å²) in [5.74, 6) is 0.296. The molecule has 1 aliphatic heterocycles. The zero-order valence-electron chi connectivity index (χ0n) is 14.1. The number of amides is 1. The van der Waals surface area contributed by atoms with Gasteiger partial charge in [-0.15, -0.1) is 0 Å². The normalized spacial score (nSPS) is 18.0. The second-order valence-corrected chi connectivity index (χ2v) is 6.33. The Balaban J connectivity index is 1.72. The van der Waals surface area contributed by atoms with Gasteiger partial charge < -0.3 is 19.2 Å². The van der Waals surface area contributed by atoms with Crippen molar-refractivity contribution in [3.8, 4) is 0 Å². The van der Waals surface area contributed by atoms with Gasteiger partial charge in [-0.3, -0.25) is 4.79 Å². The molecule has 25 heavy (non-hydrogen) atoms. The lowest BCUT2D eigenvalue weighted by Crippen LogP contribution is -2.44. The number of aryl methyl sites for hydroxylation is 2. The van der Waals surface area contributed by atoms with E-state index in [1.54, 1.807) is 27.8 Å². The van der Waals surface area contributed by atoms with Crippen LogP contribution in [0.15, 0.2) is 30.5 Å². The molecule has 2 aromatic heterocycles. The van der Waals surface area contributed by atoms with Crippen molar-refractivity contribution >= 4 is 16.8 Å². The highest BCUT2D eigenvalue weighted by molar-refractivity contribution is 5.99. The van der Waals surface area contributed by atoms with Gasteiger partial charge >= 0.3 is 0 Å². The molecule has 1 N–H and O–H groups in total. The Hall–Kier alpha value is -2.67. The Morgan fingerprint density at radius 1 is 1.40 bits per heavy atom. The molecule has 0 unspecified atom stereocenters. The maximum atomic E-state index is 13.5. The maximum Gasteiger partial charge on any atom is 0.271 e. The topological polar surface area (TPSA) is 63.1 Å². The van der Waals surface area contributed by atoms with Crippen LogP contribution in [-0.4, -0.2) is 45.1 Å². The van der Waals surface area contributed by atoms with Gasteiger partial charge in [-0.2, -0.15) is 0 Å². The molecule has 1 amide bonds. The highest BCUT2D eigenvalue weighted by atomic mass is 19.1. The van der Waals surface area contributed by atoms with Crippen LogP contribution in [0.5, 0.6) is 0 Å². The molecule has 7 heteroatoms. The van der Waals surface area contributed by atoms with E-state index in [0.717, 1.165) is 17.0 Å². The van der Waals surface area contributed by atoms with Crippen molar-refractivity contribution in [3.63, 3.8) is 0 Å². The number of carbonyl (C=O) groups excluding carboxylic acids is 1. The van der Waals surface area contributed by atoms with E-state index >= 15 is 0 Å². The number of rotatable bonds is 2. The van der Waals surface area contributed by atoms with E-state index in [1.165, 1.54) is 12.1 Å².